The summed E-state index contributed by atoms with van der Waals surface area (Å²) in [5, 5.41) is 3.40. The number of aryl methyl sites for hydroxylation is 1. The van der Waals surface area contributed by atoms with Gasteiger partial charge >= 0.3 is 12.1 Å². The smallest absolute Gasteiger partial charge is 0.435 e. The number of carbonyl (C=O) groups is 2. The maximum absolute atomic E-state index is 13.9. The van der Waals surface area contributed by atoms with E-state index in [-0.39, 0.29) is 40.0 Å². The second-order valence-electron chi connectivity index (χ2n) is 9.51. The predicted molar refractivity (Wildman–Crippen MR) is 120 cm³/mol. The van der Waals surface area contributed by atoms with Crippen LogP contribution in [-0.4, -0.2) is 44.2 Å². The lowest BCUT2D eigenvalue weighted by Crippen LogP contribution is -2.37. The number of alkyl halides is 3. The van der Waals surface area contributed by atoms with Gasteiger partial charge in [-0.15, -0.1) is 0 Å². The van der Waals surface area contributed by atoms with Gasteiger partial charge in [0.15, 0.2) is 17.3 Å². The summed E-state index contributed by atoms with van der Waals surface area (Å²) >= 11 is 0. The fourth-order valence-corrected chi connectivity index (χ4v) is 4.42. The fourth-order valence-electron chi connectivity index (χ4n) is 4.42. The summed E-state index contributed by atoms with van der Waals surface area (Å²) in [7, 11) is 1.34. The van der Waals surface area contributed by atoms with Gasteiger partial charge in [0.05, 0.1) is 22.8 Å². The van der Waals surface area contributed by atoms with E-state index >= 15 is 0 Å². The Hall–Kier alpha value is -3.70. The first kappa shape index (κ1) is 25.4. The molecule has 7 nitrogen and oxygen atoms in total. The van der Waals surface area contributed by atoms with Gasteiger partial charge in [-0.2, -0.15) is 18.3 Å². The number of H-pyrrole nitrogens is 1. The van der Waals surface area contributed by atoms with Crippen LogP contribution in [0, 0.1) is 11.6 Å². The van der Waals surface area contributed by atoms with E-state index in [1.165, 1.54) is 7.05 Å². The van der Waals surface area contributed by atoms with Crippen molar-refractivity contribution in [1.29, 1.82) is 0 Å². The first-order valence-corrected chi connectivity index (χ1v) is 11.0. The van der Waals surface area contributed by atoms with Gasteiger partial charge in [0.1, 0.15) is 5.65 Å². The summed E-state index contributed by atoms with van der Waals surface area (Å²) in [6, 6.07) is 2.59. The highest BCUT2D eigenvalue weighted by Crippen LogP contribution is 2.45. The van der Waals surface area contributed by atoms with Gasteiger partial charge in [-0.25, -0.2) is 13.6 Å². The van der Waals surface area contributed by atoms with E-state index in [1.807, 2.05) is 0 Å². The third-order valence-corrected chi connectivity index (χ3v) is 5.85. The number of ether oxygens (including phenoxy) is 1. The number of benzene rings is 1. The molecule has 36 heavy (non-hydrogen) atoms. The minimum Gasteiger partial charge on any atom is -0.459 e. The van der Waals surface area contributed by atoms with Crippen molar-refractivity contribution in [3.8, 4) is 0 Å². The summed E-state index contributed by atoms with van der Waals surface area (Å²) in [5.41, 5.74) is -2.45. The third-order valence-electron chi connectivity index (χ3n) is 5.85. The molecule has 1 amide bonds. The molecule has 2 aromatic heterocycles. The lowest BCUT2D eigenvalue weighted by atomic mass is 9.81. The van der Waals surface area contributed by atoms with Gasteiger partial charge in [-0.05, 0) is 37.6 Å². The average Bonchev–Trinajstić information content (AvgIpc) is 3.26. The van der Waals surface area contributed by atoms with Gasteiger partial charge in [-0.3, -0.25) is 9.48 Å². The number of esters is 1. The van der Waals surface area contributed by atoms with Crippen LogP contribution in [0.2, 0.25) is 0 Å². The Balaban J connectivity index is 1.97. The summed E-state index contributed by atoms with van der Waals surface area (Å²) in [6.07, 6.45) is -4.19. The van der Waals surface area contributed by atoms with Crippen molar-refractivity contribution < 1.29 is 36.3 Å². The first-order valence-electron chi connectivity index (χ1n) is 11.0. The molecule has 3 aromatic rings. The van der Waals surface area contributed by atoms with Crippen molar-refractivity contribution in [3.63, 3.8) is 0 Å². The fraction of sp³-hybridized carbons (Fsp3) is 0.375. The molecule has 3 heterocycles. The van der Waals surface area contributed by atoms with Crippen molar-refractivity contribution in [1.82, 2.24) is 19.7 Å². The Labute approximate surface area is 202 Å². The van der Waals surface area contributed by atoms with Crippen LogP contribution in [0.5, 0.6) is 0 Å². The molecule has 0 saturated heterocycles. The number of nitrogens with one attached hydrogen (secondary N) is 1. The Kier molecular flexibility index (Phi) is 5.96. The van der Waals surface area contributed by atoms with Crippen molar-refractivity contribution in [2.45, 2.75) is 45.4 Å². The molecule has 0 spiro atoms. The highest BCUT2D eigenvalue weighted by atomic mass is 19.4. The van der Waals surface area contributed by atoms with Crippen molar-refractivity contribution in [2.75, 3.05) is 6.54 Å². The highest BCUT2D eigenvalue weighted by Gasteiger charge is 2.44. The lowest BCUT2D eigenvalue weighted by Gasteiger charge is -2.29. The van der Waals surface area contributed by atoms with E-state index in [0.29, 0.717) is 0 Å². The lowest BCUT2D eigenvalue weighted by molar-refractivity contribution is -0.141. The Morgan fingerprint density at radius 1 is 1.17 bits per heavy atom. The van der Waals surface area contributed by atoms with Gasteiger partial charge in [0.25, 0.3) is 5.91 Å². The monoisotopic (exact) mass is 510 g/mol. The van der Waals surface area contributed by atoms with Crippen molar-refractivity contribution in [3.05, 3.63) is 58.5 Å². The van der Waals surface area contributed by atoms with Crippen LogP contribution in [0.3, 0.4) is 0 Å². The normalized spacial score (nSPS) is 15.6. The number of aromatic amines is 1. The number of amides is 1. The zero-order chi connectivity index (χ0) is 26.7. The molecular formula is C24H23F5N4O3. The molecule has 0 fully saturated rings. The molecule has 192 valence electrons. The van der Waals surface area contributed by atoms with E-state index in [9.17, 15) is 31.5 Å². The second kappa shape index (κ2) is 8.45. The molecule has 0 saturated carbocycles. The average molecular weight is 510 g/mol. The number of halogens is 5. The topological polar surface area (TPSA) is 80.2 Å². The van der Waals surface area contributed by atoms with Crippen LogP contribution in [-0.2, 0) is 28.2 Å². The summed E-state index contributed by atoms with van der Waals surface area (Å²) < 4.78 is 75.4. The Bertz CT molecular complexity index is 1420. The maximum Gasteiger partial charge on any atom is 0.435 e. The highest BCUT2D eigenvalue weighted by molar-refractivity contribution is 6.18. The molecule has 1 aliphatic rings. The first-order chi connectivity index (χ1) is 16.6. The predicted octanol–water partition coefficient (Wildman–Crippen LogP) is 4.92. The van der Waals surface area contributed by atoms with Gasteiger partial charge in [0.2, 0.25) is 0 Å². The number of fused-ring (bicyclic) bond motifs is 3. The zero-order valence-corrected chi connectivity index (χ0v) is 20.1. The van der Waals surface area contributed by atoms with Crippen molar-refractivity contribution >= 4 is 28.5 Å². The molecule has 1 aromatic carbocycles. The van der Waals surface area contributed by atoms with E-state index in [1.54, 1.807) is 27.7 Å². The van der Waals surface area contributed by atoms with Crippen LogP contribution in [0.15, 0.2) is 24.4 Å². The maximum atomic E-state index is 13.9. The molecule has 1 aliphatic heterocycles. The second-order valence-corrected chi connectivity index (χ2v) is 9.51. The Morgan fingerprint density at radius 3 is 2.42 bits per heavy atom. The standard InChI is InChI=1S/C24H23F5N4O3/c1-11(2)36-22(35)13-9-33(21(34)12-6-7-14(25)15(26)8-12)10-23(3,4)17-16-19(24(27,28)29)31-32(5)20(16)30-18(13)17/h6-9,11,30H,10H2,1-5H3. The largest absolute Gasteiger partial charge is 0.459 e. The number of carbonyl (C=O) groups excluding carboxylic acids is 2. The number of hydrogen-bond donors (Lipinski definition) is 1. The van der Waals surface area contributed by atoms with E-state index in [2.05, 4.69) is 10.1 Å². The zero-order valence-electron chi connectivity index (χ0n) is 20.1. The molecule has 0 unspecified atom stereocenters. The van der Waals surface area contributed by atoms with Gasteiger partial charge < -0.3 is 14.6 Å². The van der Waals surface area contributed by atoms with E-state index in [0.717, 1.165) is 34.0 Å². The molecule has 0 radical (unpaired) electrons. The molecule has 0 atom stereocenters. The Morgan fingerprint density at radius 2 is 1.83 bits per heavy atom. The number of rotatable bonds is 3. The number of hydrogen-bond acceptors (Lipinski definition) is 4. The minimum atomic E-state index is -4.79. The van der Waals surface area contributed by atoms with Crippen LogP contribution in [0.1, 0.15) is 55.0 Å². The van der Waals surface area contributed by atoms with Crippen LogP contribution < -0.4 is 0 Å². The molecule has 1 N–H and O–H groups in total. The van der Waals surface area contributed by atoms with E-state index in [4.69, 9.17) is 4.74 Å². The van der Waals surface area contributed by atoms with Crippen LogP contribution in [0.4, 0.5) is 22.0 Å². The number of aromatic nitrogens is 3. The SMILES string of the molecule is CC(C)OC(=O)C1=CN(C(=O)c2ccc(F)c(F)c2)CC(C)(C)c2c1[nH]c1c2c(C(F)(F)F)nn1C. The van der Waals surface area contributed by atoms with Crippen molar-refractivity contribution in [2.24, 2.45) is 7.05 Å². The summed E-state index contributed by atoms with van der Waals surface area (Å²) in [6.45, 7) is 6.24. The van der Waals surface area contributed by atoms with Crippen LogP contribution in [0.25, 0.3) is 16.6 Å². The van der Waals surface area contributed by atoms with Crippen LogP contribution >= 0.6 is 0 Å². The molecular weight excluding hydrogens is 487 g/mol. The molecule has 12 heteroatoms. The minimum absolute atomic E-state index is 0.0454. The summed E-state index contributed by atoms with van der Waals surface area (Å²) in [5.74, 6) is -4.04. The van der Waals surface area contributed by atoms with Gasteiger partial charge in [-0.1, -0.05) is 13.8 Å². The third kappa shape index (κ3) is 4.24. The number of nitrogens with zero attached hydrogens (tertiary/aromatic N) is 3. The molecule has 4 rings (SSSR count). The molecule has 0 aliphatic carbocycles. The summed E-state index contributed by atoms with van der Waals surface area (Å²) in [4.78, 5) is 30.4. The van der Waals surface area contributed by atoms with E-state index < -0.39 is 46.9 Å². The molecule has 0 bridgehead atoms. The quantitative estimate of drug-likeness (QED) is 0.401. The van der Waals surface area contributed by atoms with Gasteiger partial charge in [0, 0.05) is 30.8 Å².